The molecule has 0 radical (unpaired) electrons. The van der Waals surface area contributed by atoms with Crippen LogP contribution >= 0.6 is 15.9 Å². The van der Waals surface area contributed by atoms with Crippen LogP contribution in [-0.4, -0.2) is 17.8 Å². The summed E-state index contributed by atoms with van der Waals surface area (Å²) in [5, 5.41) is 12.0. The Morgan fingerprint density at radius 1 is 1.47 bits per heavy atom. The molecule has 0 aliphatic rings. The molecular formula is C11H15BrFNO. The summed E-state index contributed by atoms with van der Waals surface area (Å²) in [4.78, 5) is 0. The molecule has 0 aromatic heterocycles. The third-order valence-corrected chi connectivity index (χ3v) is 2.73. The van der Waals surface area contributed by atoms with Crippen LogP contribution in [0.2, 0.25) is 0 Å². The van der Waals surface area contributed by atoms with Gasteiger partial charge in [0.1, 0.15) is 5.82 Å². The molecule has 1 rings (SSSR count). The van der Waals surface area contributed by atoms with Gasteiger partial charge in [0.25, 0.3) is 0 Å². The molecule has 0 heterocycles. The summed E-state index contributed by atoms with van der Waals surface area (Å²) in [7, 11) is 0. The van der Waals surface area contributed by atoms with Crippen molar-refractivity contribution in [1.82, 2.24) is 5.32 Å². The lowest BCUT2D eigenvalue weighted by atomic mass is 10.1. The highest BCUT2D eigenvalue weighted by Crippen LogP contribution is 2.21. The molecule has 1 aromatic rings. The maximum Gasteiger partial charge on any atom is 0.128 e. The molecule has 2 nitrogen and oxygen atoms in total. The molecule has 2 atom stereocenters. The van der Waals surface area contributed by atoms with E-state index in [-0.39, 0.29) is 24.5 Å². The maximum atomic E-state index is 13.5. The second-order valence-corrected chi connectivity index (χ2v) is 4.55. The normalized spacial score (nSPS) is 15.0. The summed E-state index contributed by atoms with van der Waals surface area (Å²) in [5.41, 5.74) is 0.602. The maximum absolute atomic E-state index is 13.5. The van der Waals surface area contributed by atoms with Crippen molar-refractivity contribution in [3.05, 3.63) is 34.1 Å². The van der Waals surface area contributed by atoms with E-state index in [1.54, 1.807) is 12.1 Å². The first kappa shape index (κ1) is 12.6. The minimum Gasteiger partial charge on any atom is -0.395 e. The SMILES string of the molecule is CC(CO)NC(C)c1cc(Br)ccc1F. The van der Waals surface area contributed by atoms with Crippen molar-refractivity contribution in [2.45, 2.75) is 25.9 Å². The lowest BCUT2D eigenvalue weighted by molar-refractivity contribution is 0.242. The number of hydrogen-bond donors (Lipinski definition) is 2. The smallest absolute Gasteiger partial charge is 0.128 e. The van der Waals surface area contributed by atoms with E-state index in [0.29, 0.717) is 5.56 Å². The summed E-state index contributed by atoms with van der Waals surface area (Å²) >= 11 is 3.30. The van der Waals surface area contributed by atoms with Crippen molar-refractivity contribution >= 4 is 15.9 Å². The highest BCUT2D eigenvalue weighted by atomic mass is 79.9. The average molecular weight is 276 g/mol. The fourth-order valence-corrected chi connectivity index (χ4v) is 1.79. The minimum absolute atomic E-state index is 0.0416. The van der Waals surface area contributed by atoms with Crippen LogP contribution in [0.1, 0.15) is 25.5 Å². The Bertz CT molecular complexity index is 332. The third-order valence-electron chi connectivity index (χ3n) is 2.23. The van der Waals surface area contributed by atoms with E-state index in [2.05, 4.69) is 21.2 Å². The zero-order valence-corrected chi connectivity index (χ0v) is 10.4. The molecule has 0 aliphatic heterocycles. The summed E-state index contributed by atoms with van der Waals surface area (Å²) in [5.74, 6) is -0.233. The quantitative estimate of drug-likeness (QED) is 0.886. The fraction of sp³-hybridized carbons (Fsp3) is 0.455. The third kappa shape index (κ3) is 3.55. The van der Waals surface area contributed by atoms with Crippen molar-refractivity contribution in [2.75, 3.05) is 6.61 Å². The van der Waals surface area contributed by atoms with Crippen molar-refractivity contribution in [2.24, 2.45) is 0 Å². The molecule has 1 aromatic carbocycles. The van der Waals surface area contributed by atoms with Gasteiger partial charge in [0.05, 0.1) is 6.61 Å². The lowest BCUT2D eigenvalue weighted by Crippen LogP contribution is -2.32. The van der Waals surface area contributed by atoms with Crippen LogP contribution in [0.25, 0.3) is 0 Å². The number of nitrogens with one attached hydrogen (secondary N) is 1. The van der Waals surface area contributed by atoms with E-state index < -0.39 is 0 Å². The van der Waals surface area contributed by atoms with Gasteiger partial charge in [-0.1, -0.05) is 15.9 Å². The van der Waals surface area contributed by atoms with Crippen LogP contribution in [-0.2, 0) is 0 Å². The minimum atomic E-state index is -0.233. The Balaban J connectivity index is 2.80. The van der Waals surface area contributed by atoms with E-state index in [1.807, 2.05) is 13.8 Å². The van der Waals surface area contributed by atoms with Gasteiger partial charge in [-0.3, -0.25) is 0 Å². The first-order valence-electron chi connectivity index (χ1n) is 4.86. The summed E-state index contributed by atoms with van der Waals surface area (Å²) < 4.78 is 14.3. The molecule has 0 amide bonds. The lowest BCUT2D eigenvalue weighted by Gasteiger charge is -2.19. The molecule has 84 valence electrons. The van der Waals surface area contributed by atoms with Crippen LogP contribution in [0, 0.1) is 5.82 Å². The number of aliphatic hydroxyl groups is 1. The van der Waals surface area contributed by atoms with Crippen molar-refractivity contribution in [3.8, 4) is 0 Å². The van der Waals surface area contributed by atoms with Crippen LogP contribution in [0.15, 0.2) is 22.7 Å². The molecule has 4 heteroatoms. The highest BCUT2D eigenvalue weighted by molar-refractivity contribution is 9.10. The summed E-state index contributed by atoms with van der Waals surface area (Å²) in [6, 6.07) is 4.68. The standard InChI is InChI=1S/C11H15BrFNO/c1-7(6-15)14-8(2)10-5-9(12)3-4-11(10)13/h3-5,7-8,14-15H,6H2,1-2H3. The second kappa shape index (κ2) is 5.58. The number of benzene rings is 1. The van der Waals surface area contributed by atoms with Crippen molar-refractivity contribution in [1.29, 1.82) is 0 Å². The van der Waals surface area contributed by atoms with E-state index in [9.17, 15) is 4.39 Å². The predicted octanol–water partition coefficient (Wildman–Crippen LogP) is 2.62. The molecule has 0 aliphatic carbocycles. The Morgan fingerprint density at radius 3 is 2.73 bits per heavy atom. The molecule has 0 saturated heterocycles. The number of rotatable bonds is 4. The topological polar surface area (TPSA) is 32.3 Å². The molecule has 15 heavy (non-hydrogen) atoms. The molecule has 0 bridgehead atoms. The number of halogens is 2. The molecular weight excluding hydrogens is 261 g/mol. The van der Waals surface area contributed by atoms with Gasteiger partial charge >= 0.3 is 0 Å². The first-order valence-corrected chi connectivity index (χ1v) is 5.65. The zero-order valence-electron chi connectivity index (χ0n) is 8.80. The van der Waals surface area contributed by atoms with Crippen molar-refractivity contribution in [3.63, 3.8) is 0 Å². The average Bonchev–Trinajstić information content (AvgIpc) is 2.21. The van der Waals surface area contributed by atoms with E-state index >= 15 is 0 Å². The van der Waals surface area contributed by atoms with Gasteiger partial charge in [0.15, 0.2) is 0 Å². The largest absolute Gasteiger partial charge is 0.395 e. The fourth-order valence-electron chi connectivity index (χ4n) is 1.42. The summed E-state index contributed by atoms with van der Waals surface area (Å²) in [6.07, 6.45) is 0. The van der Waals surface area contributed by atoms with Gasteiger partial charge in [-0.15, -0.1) is 0 Å². The van der Waals surface area contributed by atoms with E-state index in [0.717, 1.165) is 4.47 Å². The van der Waals surface area contributed by atoms with Crippen LogP contribution in [0.5, 0.6) is 0 Å². The summed E-state index contributed by atoms with van der Waals surface area (Å²) in [6.45, 7) is 3.77. The Morgan fingerprint density at radius 2 is 2.13 bits per heavy atom. The molecule has 2 unspecified atom stereocenters. The van der Waals surface area contributed by atoms with Gasteiger partial charge in [-0.05, 0) is 32.0 Å². The highest BCUT2D eigenvalue weighted by Gasteiger charge is 2.13. The van der Waals surface area contributed by atoms with Crippen LogP contribution in [0.4, 0.5) is 4.39 Å². The Hall–Kier alpha value is -0.450. The Labute approximate surface area is 97.6 Å². The van der Waals surface area contributed by atoms with Gasteiger partial charge in [-0.2, -0.15) is 0 Å². The molecule has 0 fully saturated rings. The zero-order chi connectivity index (χ0) is 11.4. The van der Waals surface area contributed by atoms with E-state index in [4.69, 9.17) is 5.11 Å². The van der Waals surface area contributed by atoms with Crippen molar-refractivity contribution < 1.29 is 9.50 Å². The number of aliphatic hydroxyl groups excluding tert-OH is 1. The van der Waals surface area contributed by atoms with Gasteiger partial charge in [0, 0.05) is 22.1 Å². The second-order valence-electron chi connectivity index (χ2n) is 3.64. The van der Waals surface area contributed by atoms with E-state index in [1.165, 1.54) is 6.07 Å². The molecule has 0 spiro atoms. The van der Waals surface area contributed by atoms with Crippen LogP contribution < -0.4 is 5.32 Å². The van der Waals surface area contributed by atoms with Crippen LogP contribution in [0.3, 0.4) is 0 Å². The monoisotopic (exact) mass is 275 g/mol. The predicted molar refractivity (Wildman–Crippen MR) is 62.2 cm³/mol. The van der Waals surface area contributed by atoms with Gasteiger partial charge in [-0.25, -0.2) is 4.39 Å². The van der Waals surface area contributed by atoms with Gasteiger partial charge < -0.3 is 10.4 Å². The Kier molecular flexibility index (Phi) is 4.70. The molecule has 2 N–H and O–H groups in total. The van der Waals surface area contributed by atoms with Gasteiger partial charge in [0.2, 0.25) is 0 Å². The molecule has 0 saturated carbocycles. The number of hydrogen-bond acceptors (Lipinski definition) is 2. The first-order chi connectivity index (χ1) is 7.04.